The molecule has 2 N–H and O–H groups in total. The summed E-state index contributed by atoms with van der Waals surface area (Å²) in [4.78, 5) is 20.2. The summed E-state index contributed by atoms with van der Waals surface area (Å²) in [5, 5.41) is 12.7. The van der Waals surface area contributed by atoms with Gasteiger partial charge in [-0.15, -0.1) is 0 Å². The van der Waals surface area contributed by atoms with Crippen molar-refractivity contribution in [3.8, 4) is 0 Å². The number of nitrogens with zero attached hydrogens (tertiary/aromatic N) is 2. The van der Waals surface area contributed by atoms with Crippen LogP contribution in [0.4, 0.5) is 5.82 Å². The molecule has 104 valence electrons. The quantitative estimate of drug-likeness (QED) is 0.789. The van der Waals surface area contributed by atoms with E-state index in [2.05, 4.69) is 29.1 Å². The van der Waals surface area contributed by atoms with Crippen LogP contribution >= 0.6 is 11.3 Å². The normalized spacial score (nSPS) is 10.5. The van der Waals surface area contributed by atoms with Gasteiger partial charge in [0.1, 0.15) is 16.2 Å². The summed E-state index contributed by atoms with van der Waals surface area (Å²) in [6.45, 7) is 4.10. The predicted octanol–water partition coefficient (Wildman–Crippen LogP) is -0.355. The molecule has 0 atom stereocenters. The van der Waals surface area contributed by atoms with Gasteiger partial charge in [0.15, 0.2) is 0 Å². The smallest absolute Gasteiger partial charge is 1.00 e. The summed E-state index contributed by atoms with van der Waals surface area (Å²) in [6.07, 6.45) is 0.570. The standard InChI is InChI=1S/C12H15N3O2S.ClH/c1-7(2)13-9-4-3-8-12(15-9)18-10(14-8)5-6-11(16)17;/h3-4,7H,5-6H2,1-2H3,(H,13,15)(H,16,17);1H. The lowest BCUT2D eigenvalue weighted by atomic mass is 10.3. The molecule has 0 saturated carbocycles. The summed E-state index contributed by atoms with van der Waals surface area (Å²) in [5.74, 6) is 0.0234. The predicted molar refractivity (Wildman–Crippen MR) is 73.2 cm³/mol. The fourth-order valence-electron chi connectivity index (χ4n) is 1.56. The minimum Gasteiger partial charge on any atom is -1.00 e. The molecular weight excluding hydrogens is 286 g/mol. The summed E-state index contributed by atoms with van der Waals surface area (Å²) in [6, 6.07) is 4.13. The Morgan fingerprint density at radius 1 is 1.47 bits per heavy atom. The van der Waals surface area contributed by atoms with Gasteiger partial charge in [-0.05, 0) is 26.0 Å². The molecule has 0 radical (unpaired) electrons. The average Bonchev–Trinajstić information content (AvgIpc) is 2.67. The van der Waals surface area contributed by atoms with Crippen LogP contribution in [0.25, 0.3) is 10.3 Å². The Hall–Kier alpha value is -1.40. The number of aryl methyl sites for hydroxylation is 1. The van der Waals surface area contributed by atoms with Crippen molar-refractivity contribution in [3.05, 3.63) is 17.1 Å². The number of hydrogen-bond acceptors (Lipinski definition) is 5. The van der Waals surface area contributed by atoms with E-state index in [0.717, 1.165) is 21.2 Å². The number of anilines is 1. The zero-order valence-corrected chi connectivity index (χ0v) is 12.3. The SMILES string of the molecule is CC(C)Nc1ccc2nc(CCC(=O)O)sc2n1.[Cl-].[H+]. The lowest BCUT2D eigenvalue weighted by Gasteiger charge is -2.07. The minimum absolute atomic E-state index is 0. The van der Waals surface area contributed by atoms with E-state index < -0.39 is 5.97 Å². The van der Waals surface area contributed by atoms with Gasteiger partial charge in [0.05, 0.1) is 11.4 Å². The number of fused-ring (bicyclic) bond motifs is 1. The van der Waals surface area contributed by atoms with Crippen LogP contribution in [-0.2, 0) is 11.2 Å². The number of carboxylic acid groups (broad SMARTS) is 1. The molecule has 0 aromatic carbocycles. The summed E-state index contributed by atoms with van der Waals surface area (Å²) >= 11 is 1.45. The molecule has 2 heterocycles. The Kier molecular flexibility index (Phi) is 5.50. The molecule has 0 unspecified atom stereocenters. The molecule has 2 aromatic rings. The second-order valence-electron chi connectivity index (χ2n) is 4.32. The largest absolute Gasteiger partial charge is 1.00 e. The van der Waals surface area contributed by atoms with Crippen molar-refractivity contribution < 1.29 is 23.7 Å². The monoisotopic (exact) mass is 301 g/mol. The number of halogens is 1. The molecule has 0 aliphatic carbocycles. The van der Waals surface area contributed by atoms with Crippen LogP contribution in [0.3, 0.4) is 0 Å². The number of carboxylic acids is 1. The van der Waals surface area contributed by atoms with Gasteiger partial charge < -0.3 is 22.8 Å². The first kappa shape index (κ1) is 15.7. The third-order valence-corrected chi connectivity index (χ3v) is 3.31. The number of aromatic nitrogens is 2. The fraction of sp³-hybridized carbons (Fsp3) is 0.417. The van der Waals surface area contributed by atoms with Crippen LogP contribution in [0.15, 0.2) is 12.1 Å². The fourth-order valence-corrected chi connectivity index (χ4v) is 2.49. The second-order valence-corrected chi connectivity index (χ2v) is 5.38. The van der Waals surface area contributed by atoms with Gasteiger partial charge in [0.2, 0.25) is 0 Å². The van der Waals surface area contributed by atoms with E-state index in [4.69, 9.17) is 5.11 Å². The zero-order chi connectivity index (χ0) is 13.1. The molecule has 0 saturated heterocycles. The molecule has 0 bridgehead atoms. The lowest BCUT2D eigenvalue weighted by molar-refractivity contribution is -0.136. The lowest BCUT2D eigenvalue weighted by Crippen LogP contribution is -3.00. The molecule has 0 fully saturated rings. The highest BCUT2D eigenvalue weighted by atomic mass is 35.5. The van der Waals surface area contributed by atoms with Crippen LogP contribution in [0.5, 0.6) is 0 Å². The number of nitrogens with one attached hydrogen (secondary N) is 1. The number of hydrogen-bond donors (Lipinski definition) is 2. The summed E-state index contributed by atoms with van der Waals surface area (Å²) in [5.41, 5.74) is 0.828. The Labute approximate surface area is 123 Å². The van der Waals surface area contributed by atoms with Crippen LogP contribution in [0, 0.1) is 0 Å². The molecule has 19 heavy (non-hydrogen) atoms. The highest BCUT2D eigenvalue weighted by Gasteiger charge is 2.08. The van der Waals surface area contributed by atoms with Gasteiger partial charge in [0, 0.05) is 12.5 Å². The van der Waals surface area contributed by atoms with Crippen molar-refractivity contribution in [1.82, 2.24) is 9.97 Å². The zero-order valence-electron chi connectivity index (χ0n) is 11.7. The van der Waals surface area contributed by atoms with Gasteiger partial charge >= 0.3 is 7.40 Å². The maximum atomic E-state index is 10.5. The van der Waals surface area contributed by atoms with Crippen molar-refractivity contribution in [2.45, 2.75) is 32.7 Å². The van der Waals surface area contributed by atoms with Crippen molar-refractivity contribution in [2.75, 3.05) is 5.32 Å². The van der Waals surface area contributed by atoms with E-state index in [-0.39, 0.29) is 20.3 Å². The molecule has 0 aliphatic rings. The van der Waals surface area contributed by atoms with E-state index >= 15 is 0 Å². The van der Waals surface area contributed by atoms with Crippen molar-refractivity contribution in [2.24, 2.45) is 0 Å². The van der Waals surface area contributed by atoms with Crippen LogP contribution in [0.2, 0.25) is 0 Å². The number of carbonyl (C=O) groups is 1. The van der Waals surface area contributed by atoms with Crippen molar-refractivity contribution in [3.63, 3.8) is 0 Å². The number of pyridine rings is 1. The maximum absolute atomic E-state index is 10.5. The van der Waals surface area contributed by atoms with Crippen LogP contribution in [-0.4, -0.2) is 27.1 Å². The van der Waals surface area contributed by atoms with E-state index in [1.165, 1.54) is 11.3 Å². The second kappa shape index (κ2) is 6.68. The molecular formula is C12H16ClN3O2S. The Morgan fingerprint density at radius 2 is 2.21 bits per heavy atom. The third kappa shape index (κ3) is 4.33. The van der Waals surface area contributed by atoms with Crippen LogP contribution in [0.1, 0.15) is 26.7 Å². The van der Waals surface area contributed by atoms with Gasteiger partial charge in [-0.3, -0.25) is 4.79 Å². The van der Waals surface area contributed by atoms with Gasteiger partial charge in [-0.25, -0.2) is 9.97 Å². The number of rotatable bonds is 5. The van der Waals surface area contributed by atoms with E-state index in [1.807, 2.05) is 12.1 Å². The van der Waals surface area contributed by atoms with Gasteiger partial charge in [-0.1, -0.05) is 11.3 Å². The van der Waals surface area contributed by atoms with Gasteiger partial charge in [0.25, 0.3) is 0 Å². The average molecular weight is 302 g/mol. The van der Waals surface area contributed by atoms with Crippen molar-refractivity contribution >= 4 is 33.5 Å². The molecule has 7 heteroatoms. The first-order valence-corrected chi connectivity index (χ1v) is 6.61. The van der Waals surface area contributed by atoms with E-state index in [1.54, 1.807) is 0 Å². The number of thiazole rings is 1. The molecule has 5 nitrogen and oxygen atoms in total. The minimum atomic E-state index is -0.802. The van der Waals surface area contributed by atoms with Crippen LogP contribution < -0.4 is 17.7 Å². The molecule has 2 rings (SSSR count). The Bertz CT molecular complexity index is 577. The van der Waals surface area contributed by atoms with E-state index in [9.17, 15) is 4.79 Å². The third-order valence-electron chi connectivity index (χ3n) is 2.29. The molecule has 2 aromatic heterocycles. The van der Waals surface area contributed by atoms with E-state index in [0.29, 0.717) is 12.5 Å². The molecule has 0 amide bonds. The van der Waals surface area contributed by atoms with Crippen molar-refractivity contribution in [1.29, 1.82) is 0 Å². The summed E-state index contributed by atoms with van der Waals surface area (Å²) < 4.78 is 0. The Balaban J connectivity index is 0.00000180. The first-order chi connectivity index (χ1) is 8.54. The molecule has 0 spiro atoms. The summed E-state index contributed by atoms with van der Waals surface area (Å²) in [7, 11) is 0. The maximum Gasteiger partial charge on any atom is 1.00 e. The highest BCUT2D eigenvalue weighted by molar-refractivity contribution is 7.18. The molecule has 0 aliphatic heterocycles. The number of aliphatic carboxylic acids is 1. The first-order valence-electron chi connectivity index (χ1n) is 5.79. The highest BCUT2D eigenvalue weighted by Crippen LogP contribution is 2.23. The topological polar surface area (TPSA) is 75.1 Å². The Morgan fingerprint density at radius 3 is 2.84 bits per heavy atom. The van der Waals surface area contributed by atoms with Gasteiger partial charge in [-0.2, -0.15) is 0 Å².